The average molecular weight is 324 g/mol. The molecule has 0 radical (unpaired) electrons. The van der Waals surface area contributed by atoms with E-state index >= 15 is 0 Å². The topological polar surface area (TPSA) is 29.1 Å². The highest BCUT2D eigenvalue weighted by molar-refractivity contribution is 7.99. The lowest BCUT2D eigenvalue weighted by molar-refractivity contribution is -0.113. The minimum absolute atomic E-state index is 0.0764. The van der Waals surface area contributed by atoms with Crippen LogP contribution in [0.25, 0.3) is 0 Å². The number of rotatable bonds is 5. The van der Waals surface area contributed by atoms with Crippen molar-refractivity contribution in [3.8, 4) is 0 Å². The summed E-state index contributed by atoms with van der Waals surface area (Å²) in [6, 6.07) is 11.7. The van der Waals surface area contributed by atoms with Crippen LogP contribution in [0.1, 0.15) is 11.1 Å². The van der Waals surface area contributed by atoms with E-state index < -0.39 is 0 Å². The lowest BCUT2D eigenvalue weighted by Crippen LogP contribution is -2.15. The Morgan fingerprint density at radius 2 is 1.95 bits per heavy atom. The van der Waals surface area contributed by atoms with E-state index in [1.54, 1.807) is 24.3 Å². The summed E-state index contributed by atoms with van der Waals surface area (Å²) >= 11 is 7.39. The first-order valence-corrected chi connectivity index (χ1v) is 7.96. The molecule has 0 spiro atoms. The molecule has 2 aromatic carbocycles. The number of nitrogens with one attached hydrogen (secondary N) is 1. The average Bonchev–Trinajstić information content (AvgIpc) is 2.45. The standard InChI is InChI=1S/C16H15ClFNOS/c1-11-2-5-13(17)8-15(11)19-16(20)10-21-9-12-3-6-14(18)7-4-12/h2-8H,9-10H2,1H3,(H,19,20). The number of carbonyl (C=O) groups excluding carboxylic acids is 1. The van der Waals surface area contributed by atoms with E-state index in [4.69, 9.17) is 11.6 Å². The van der Waals surface area contributed by atoms with E-state index in [2.05, 4.69) is 5.32 Å². The van der Waals surface area contributed by atoms with Crippen LogP contribution in [0, 0.1) is 12.7 Å². The van der Waals surface area contributed by atoms with Gasteiger partial charge in [0.25, 0.3) is 0 Å². The van der Waals surface area contributed by atoms with Gasteiger partial charge < -0.3 is 5.32 Å². The van der Waals surface area contributed by atoms with Crippen LogP contribution in [-0.2, 0) is 10.5 Å². The number of carbonyl (C=O) groups is 1. The minimum atomic E-state index is -0.252. The van der Waals surface area contributed by atoms with Gasteiger partial charge in [0.2, 0.25) is 5.91 Å². The molecule has 2 nitrogen and oxygen atoms in total. The van der Waals surface area contributed by atoms with Crippen molar-refractivity contribution >= 4 is 35.0 Å². The summed E-state index contributed by atoms with van der Waals surface area (Å²) < 4.78 is 12.8. The van der Waals surface area contributed by atoms with Gasteiger partial charge in [0.1, 0.15) is 5.82 Å². The first-order valence-electron chi connectivity index (χ1n) is 6.43. The molecule has 0 unspecified atom stereocenters. The second-order valence-electron chi connectivity index (χ2n) is 4.63. The molecule has 2 rings (SSSR count). The molecule has 0 saturated carbocycles. The summed E-state index contributed by atoms with van der Waals surface area (Å²) in [5, 5.41) is 3.43. The Morgan fingerprint density at radius 1 is 1.24 bits per heavy atom. The van der Waals surface area contributed by atoms with E-state index in [1.807, 2.05) is 13.0 Å². The molecule has 0 aromatic heterocycles. The maximum absolute atomic E-state index is 12.8. The second-order valence-corrected chi connectivity index (χ2v) is 6.05. The van der Waals surface area contributed by atoms with Gasteiger partial charge in [0.05, 0.1) is 5.75 Å². The summed E-state index contributed by atoms with van der Waals surface area (Å²) in [6.45, 7) is 1.91. The third-order valence-electron chi connectivity index (χ3n) is 2.89. The van der Waals surface area contributed by atoms with Crippen molar-refractivity contribution in [2.75, 3.05) is 11.1 Å². The number of aryl methyl sites for hydroxylation is 1. The van der Waals surface area contributed by atoms with Gasteiger partial charge >= 0.3 is 0 Å². The van der Waals surface area contributed by atoms with Crippen molar-refractivity contribution < 1.29 is 9.18 Å². The predicted octanol–water partition coefficient (Wildman–Crippen LogP) is 4.66. The molecule has 0 fully saturated rings. The molecule has 0 atom stereocenters. The fourth-order valence-electron chi connectivity index (χ4n) is 1.76. The predicted molar refractivity (Wildman–Crippen MR) is 87.4 cm³/mol. The Morgan fingerprint density at radius 3 is 2.67 bits per heavy atom. The van der Waals surface area contributed by atoms with Crippen LogP contribution in [0.5, 0.6) is 0 Å². The number of benzene rings is 2. The largest absolute Gasteiger partial charge is 0.325 e. The summed E-state index contributed by atoms with van der Waals surface area (Å²) in [5.41, 5.74) is 2.69. The Kier molecular flexibility index (Phi) is 5.65. The first-order chi connectivity index (χ1) is 10.0. The smallest absolute Gasteiger partial charge is 0.234 e. The lowest BCUT2D eigenvalue weighted by Gasteiger charge is -2.08. The Balaban J connectivity index is 1.82. The van der Waals surface area contributed by atoms with Crippen LogP contribution in [-0.4, -0.2) is 11.7 Å². The van der Waals surface area contributed by atoms with Crippen molar-refractivity contribution in [2.45, 2.75) is 12.7 Å². The molecule has 0 aliphatic rings. The highest BCUT2D eigenvalue weighted by Crippen LogP contribution is 2.20. The van der Waals surface area contributed by atoms with E-state index in [1.165, 1.54) is 23.9 Å². The first kappa shape index (κ1) is 15.9. The van der Waals surface area contributed by atoms with E-state index in [0.717, 1.165) is 16.8 Å². The number of amides is 1. The van der Waals surface area contributed by atoms with Crippen molar-refractivity contribution in [3.63, 3.8) is 0 Å². The van der Waals surface area contributed by atoms with E-state index in [9.17, 15) is 9.18 Å². The van der Waals surface area contributed by atoms with Crippen molar-refractivity contribution in [1.29, 1.82) is 0 Å². The van der Waals surface area contributed by atoms with Gasteiger partial charge in [-0.2, -0.15) is 0 Å². The van der Waals surface area contributed by atoms with Gasteiger partial charge in [-0.3, -0.25) is 4.79 Å². The Labute approximate surface area is 132 Å². The molecular formula is C16H15ClFNOS. The molecule has 110 valence electrons. The summed E-state index contributed by atoms with van der Waals surface area (Å²) in [4.78, 5) is 11.9. The quantitative estimate of drug-likeness (QED) is 0.867. The molecule has 1 amide bonds. The SMILES string of the molecule is Cc1ccc(Cl)cc1NC(=O)CSCc1ccc(F)cc1. The van der Waals surface area contributed by atoms with Gasteiger partial charge in [0, 0.05) is 16.5 Å². The van der Waals surface area contributed by atoms with Crippen LogP contribution in [0.2, 0.25) is 5.02 Å². The molecule has 0 bridgehead atoms. The number of anilines is 1. The van der Waals surface area contributed by atoms with Crippen LogP contribution >= 0.6 is 23.4 Å². The molecule has 0 saturated heterocycles. The molecule has 0 aliphatic carbocycles. The monoisotopic (exact) mass is 323 g/mol. The van der Waals surface area contributed by atoms with Gasteiger partial charge in [0.15, 0.2) is 0 Å². The highest BCUT2D eigenvalue weighted by Gasteiger charge is 2.06. The minimum Gasteiger partial charge on any atom is -0.325 e. The summed E-state index contributed by atoms with van der Waals surface area (Å²) in [6.07, 6.45) is 0. The zero-order chi connectivity index (χ0) is 15.2. The molecule has 1 N–H and O–H groups in total. The van der Waals surface area contributed by atoms with Crippen molar-refractivity contribution in [3.05, 3.63) is 64.4 Å². The van der Waals surface area contributed by atoms with E-state index in [0.29, 0.717) is 16.5 Å². The highest BCUT2D eigenvalue weighted by atomic mass is 35.5. The molecular weight excluding hydrogens is 309 g/mol. The maximum atomic E-state index is 12.8. The number of hydrogen-bond acceptors (Lipinski definition) is 2. The Bertz CT molecular complexity index is 631. The maximum Gasteiger partial charge on any atom is 0.234 e. The van der Waals surface area contributed by atoms with Crippen molar-refractivity contribution in [2.24, 2.45) is 0 Å². The van der Waals surface area contributed by atoms with Gasteiger partial charge in [-0.1, -0.05) is 29.8 Å². The zero-order valence-corrected chi connectivity index (χ0v) is 13.1. The number of hydrogen-bond donors (Lipinski definition) is 1. The molecule has 0 heterocycles. The Hall–Kier alpha value is -1.52. The molecule has 0 aliphatic heterocycles. The van der Waals surface area contributed by atoms with Gasteiger partial charge in [-0.15, -0.1) is 11.8 Å². The summed E-state index contributed by atoms with van der Waals surface area (Å²) in [5.74, 6) is 0.677. The lowest BCUT2D eigenvalue weighted by atomic mass is 10.2. The third-order valence-corrected chi connectivity index (χ3v) is 4.13. The molecule has 21 heavy (non-hydrogen) atoms. The fourth-order valence-corrected chi connectivity index (χ4v) is 2.72. The van der Waals surface area contributed by atoms with Gasteiger partial charge in [-0.25, -0.2) is 4.39 Å². The van der Waals surface area contributed by atoms with Crippen LogP contribution in [0.4, 0.5) is 10.1 Å². The van der Waals surface area contributed by atoms with Gasteiger partial charge in [-0.05, 0) is 42.3 Å². The molecule has 2 aromatic rings. The number of halogens is 2. The molecule has 5 heteroatoms. The second kappa shape index (κ2) is 7.48. The summed E-state index contributed by atoms with van der Waals surface area (Å²) in [7, 11) is 0. The van der Waals surface area contributed by atoms with E-state index in [-0.39, 0.29) is 11.7 Å². The van der Waals surface area contributed by atoms with Crippen LogP contribution in [0.3, 0.4) is 0 Å². The zero-order valence-electron chi connectivity index (χ0n) is 11.5. The van der Waals surface area contributed by atoms with Crippen LogP contribution < -0.4 is 5.32 Å². The normalized spacial score (nSPS) is 10.4. The van der Waals surface area contributed by atoms with Crippen molar-refractivity contribution in [1.82, 2.24) is 0 Å². The third kappa shape index (κ3) is 5.06. The van der Waals surface area contributed by atoms with Crippen LogP contribution in [0.15, 0.2) is 42.5 Å². The fraction of sp³-hybridized carbons (Fsp3) is 0.188. The number of thioether (sulfide) groups is 1.